The SMILES string of the molecule is CC1CCCC(OC(=O)CSCc2ccc(C#N)cc2)C1. The Morgan fingerprint density at radius 1 is 1.38 bits per heavy atom. The molecule has 2 atom stereocenters. The highest BCUT2D eigenvalue weighted by Gasteiger charge is 2.21. The lowest BCUT2D eigenvalue weighted by Crippen LogP contribution is -2.25. The Morgan fingerprint density at radius 2 is 2.14 bits per heavy atom. The Bertz CT molecular complexity index is 507. The van der Waals surface area contributed by atoms with Crippen LogP contribution in [0.5, 0.6) is 0 Å². The van der Waals surface area contributed by atoms with Gasteiger partial charge in [-0.25, -0.2) is 0 Å². The zero-order valence-corrected chi connectivity index (χ0v) is 13.2. The average Bonchev–Trinajstić information content (AvgIpc) is 2.48. The van der Waals surface area contributed by atoms with E-state index in [4.69, 9.17) is 10.00 Å². The fourth-order valence-corrected chi connectivity index (χ4v) is 3.40. The molecule has 2 unspecified atom stereocenters. The highest BCUT2D eigenvalue weighted by Crippen LogP contribution is 2.26. The largest absolute Gasteiger partial charge is 0.462 e. The predicted molar refractivity (Wildman–Crippen MR) is 84.8 cm³/mol. The first-order chi connectivity index (χ1) is 10.2. The van der Waals surface area contributed by atoms with E-state index in [1.54, 1.807) is 23.9 Å². The van der Waals surface area contributed by atoms with Gasteiger partial charge < -0.3 is 4.74 Å². The Labute approximate surface area is 130 Å². The summed E-state index contributed by atoms with van der Waals surface area (Å²) in [5, 5.41) is 8.74. The zero-order chi connectivity index (χ0) is 15.1. The summed E-state index contributed by atoms with van der Waals surface area (Å²) in [6.07, 6.45) is 4.55. The molecule has 0 amide bonds. The number of nitrogens with zero attached hydrogens (tertiary/aromatic N) is 1. The number of carbonyl (C=O) groups is 1. The molecule has 0 aliphatic heterocycles. The van der Waals surface area contributed by atoms with Crippen molar-refractivity contribution in [2.45, 2.75) is 44.5 Å². The highest BCUT2D eigenvalue weighted by atomic mass is 32.2. The smallest absolute Gasteiger partial charge is 0.316 e. The van der Waals surface area contributed by atoms with E-state index in [-0.39, 0.29) is 12.1 Å². The maximum absolute atomic E-state index is 11.8. The summed E-state index contributed by atoms with van der Waals surface area (Å²) in [5.74, 6) is 1.72. The van der Waals surface area contributed by atoms with Crippen LogP contribution in [-0.2, 0) is 15.3 Å². The van der Waals surface area contributed by atoms with Crippen molar-refractivity contribution in [2.24, 2.45) is 5.92 Å². The molecule has 1 aromatic carbocycles. The lowest BCUT2D eigenvalue weighted by Gasteiger charge is -2.26. The summed E-state index contributed by atoms with van der Waals surface area (Å²) in [5.41, 5.74) is 1.78. The van der Waals surface area contributed by atoms with Gasteiger partial charge in [-0.2, -0.15) is 5.26 Å². The van der Waals surface area contributed by atoms with Crippen molar-refractivity contribution in [1.29, 1.82) is 5.26 Å². The van der Waals surface area contributed by atoms with Crippen molar-refractivity contribution in [2.75, 3.05) is 5.75 Å². The molecule has 0 saturated heterocycles. The maximum atomic E-state index is 11.8. The van der Waals surface area contributed by atoms with Gasteiger partial charge in [0, 0.05) is 5.75 Å². The normalized spacial score (nSPS) is 21.5. The average molecular weight is 303 g/mol. The molecule has 0 heterocycles. The van der Waals surface area contributed by atoms with E-state index in [0.717, 1.165) is 30.6 Å². The van der Waals surface area contributed by atoms with Crippen LogP contribution < -0.4 is 0 Å². The Morgan fingerprint density at radius 3 is 2.81 bits per heavy atom. The molecule has 1 aliphatic rings. The minimum atomic E-state index is -0.104. The van der Waals surface area contributed by atoms with Gasteiger partial charge in [0.15, 0.2) is 0 Å². The zero-order valence-electron chi connectivity index (χ0n) is 12.4. The van der Waals surface area contributed by atoms with Gasteiger partial charge in [-0.05, 0) is 42.9 Å². The number of rotatable bonds is 5. The molecule has 3 nitrogen and oxygen atoms in total. The third-order valence-corrected chi connectivity index (χ3v) is 4.74. The van der Waals surface area contributed by atoms with Crippen LogP contribution in [0.3, 0.4) is 0 Å². The van der Waals surface area contributed by atoms with Crippen LogP contribution in [0.15, 0.2) is 24.3 Å². The maximum Gasteiger partial charge on any atom is 0.316 e. The molecule has 1 aromatic rings. The van der Waals surface area contributed by atoms with E-state index in [1.807, 2.05) is 12.1 Å². The van der Waals surface area contributed by atoms with Gasteiger partial charge in [0.25, 0.3) is 0 Å². The van der Waals surface area contributed by atoms with Crippen LogP contribution >= 0.6 is 11.8 Å². The van der Waals surface area contributed by atoms with Crippen LogP contribution in [0.2, 0.25) is 0 Å². The second kappa shape index (κ2) is 8.09. The molecule has 0 radical (unpaired) electrons. The van der Waals surface area contributed by atoms with Gasteiger partial charge in [0.2, 0.25) is 0 Å². The van der Waals surface area contributed by atoms with Crippen LogP contribution in [0.25, 0.3) is 0 Å². The molecule has 4 heteroatoms. The molecule has 1 fully saturated rings. The fourth-order valence-electron chi connectivity index (χ4n) is 2.63. The minimum absolute atomic E-state index is 0.104. The number of ether oxygens (including phenoxy) is 1. The summed E-state index contributed by atoms with van der Waals surface area (Å²) in [6.45, 7) is 2.22. The summed E-state index contributed by atoms with van der Waals surface area (Å²) in [7, 11) is 0. The van der Waals surface area contributed by atoms with Crippen molar-refractivity contribution < 1.29 is 9.53 Å². The highest BCUT2D eigenvalue weighted by molar-refractivity contribution is 7.99. The van der Waals surface area contributed by atoms with Crippen molar-refractivity contribution in [1.82, 2.24) is 0 Å². The van der Waals surface area contributed by atoms with E-state index in [9.17, 15) is 4.79 Å². The fraction of sp³-hybridized carbons (Fsp3) is 0.529. The molecule has 2 rings (SSSR count). The van der Waals surface area contributed by atoms with Crippen molar-refractivity contribution in [3.8, 4) is 6.07 Å². The Hall–Kier alpha value is -1.47. The number of benzene rings is 1. The summed E-state index contributed by atoms with van der Waals surface area (Å²) >= 11 is 1.56. The number of nitriles is 1. The molecule has 0 N–H and O–H groups in total. The van der Waals surface area contributed by atoms with E-state index < -0.39 is 0 Å². The van der Waals surface area contributed by atoms with E-state index in [1.165, 1.54) is 6.42 Å². The van der Waals surface area contributed by atoms with Crippen molar-refractivity contribution in [3.63, 3.8) is 0 Å². The predicted octanol–water partition coefficient (Wildman–Crippen LogP) is 3.91. The molecule has 21 heavy (non-hydrogen) atoms. The Kier molecular flexibility index (Phi) is 6.13. The number of hydrogen-bond acceptors (Lipinski definition) is 4. The molecule has 1 saturated carbocycles. The number of esters is 1. The standard InChI is InChI=1S/C17H21NO2S/c1-13-3-2-4-16(9-13)20-17(19)12-21-11-15-7-5-14(10-18)6-8-15/h5-8,13,16H,2-4,9,11-12H2,1H3. The van der Waals surface area contributed by atoms with Crippen LogP contribution in [0, 0.1) is 17.2 Å². The van der Waals surface area contributed by atoms with E-state index in [0.29, 0.717) is 17.2 Å². The Balaban J connectivity index is 1.67. The van der Waals surface area contributed by atoms with Gasteiger partial charge in [-0.1, -0.05) is 25.5 Å². The van der Waals surface area contributed by atoms with Crippen LogP contribution in [-0.4, -0.2) is 17.8 Å². The first kappa shape index (κ1) is 15.9. The monoisotopic (exact) mass is 303 g/mol. The first-order valence-corrected chi connectivity index (χ1v) is 8.59. The summed E-state index contributed by atoms with van der Waals surface area (Å²) < 4.78 is 5.53. The van der Waals surface area contributed by atoms with Crippen molar-refractivity contribution in [3.05, 3.63) is 35.4 Å². The lowest BCUT2D eigenvalue weighted by atomic mass is 9.89. The first-order valence-electron chi connectivity index (χ1n) is 7.43. The molecular formula is C17H21NO2S. The topological polar surface area (TPSA) is 50.1 Å². The van der Waals surface area contributed by atoms with Gasteiger partial charge in [-0.15, -0.1) is 11.8 Å². The molecule has 1 aliphatic carbocycles. The van der Waals surface area contributed by atoms with E-state index >= 15 is 0 Å². The van der Waals surface area contributed by atoms with Gasteiger partial charge >= 0.3 is 5.97 Å². The van der Waals surface area contributed by atoms with Gasteiger partial charge in [-0.3, -0.25) is 4.79 Å². The third kappa shape index (κ3) is 5.43. The molecular weight excluding hydrogens is 282 g/mol. The third-order valence-electron chi connectivity index (χ3n) is 3.76. The second-order valence-corrected chi connectivity index (χ2v) is 6.67. The number of thioether (sulfide) groups is 1. The van der Waals surface area contributed by atoms with E-state index in [2.05, 4.69) is 13.0 Å². The van der Waals surface area contributed by atoms with Crippen LogP contribution in [0.1, 0.15) is 43.7 Å². The number of carbonyl (C=O) groups excluding carboxylic acids is 1. The molecule has 0 aromatic heterocycles. The lowest BCUT2D eigenvalue weighted by molar-refractivity contribution is -0.147. The molecule has 0 bridgehead atoms. The van der Waals surface area contributed by atoms with Gasteiger partial charge in [0.05, 0.1) is 17.4 Å². The minimum Gasteiger partial charge on any atom is -0.462 e. The molecule has 112 valence electrons. The molecule has 0 spiro atoms. The van der Waals surface area contributed by atoms with Crippen molar-refractivity contribution >= 4 is 17.7 Å². The van der Waals surface area contributed by atoms with Crippen LogP contribution in [0.4, 0.5) is 0 Å². The second-order valence-electron chi connectivity index (χ2n) is 5.69. The quantitative estimate of drug-likeness (QED) is 0.774. The summed E-state index contributed by atoms with van der Waals surface area (Å²) in [4.78, 5) is 11.8. The van der Waals surface area contributed by atoms with Gasteiger partial charge in [0.1, 0.15) is 6.10 Å². The summed E-state index contributed by atoms with van der Waals surface area (Å²) in [6, 6.07) is 9.56. The number of hydrogen-bond donors (Lipinski definition) is 0.